The van der Waals surface area contributed by atoms with Crippen LogP contribution >= 0.6 is 11.6 Å². The molecule has 0 unspecified atom stereocenters. The number of anilines is 1. The third-order valence-corrected chi connectivity index (χ3v) is 4.51. The second kappa shape index (κ2) is 5.76. The van der Waals surface area contributed by atoms with Crippen molar-refractivity contribution in [3.05, 3.63) is 23.2 Å². The van der Waals surface area contributed by atoms with E-state index in [1.165, 1.54) is 6.42 Å². The molecule has 114 valence electrons. The molecular weight excluding hydrogens is 288 g/mol. The maximum Gasteiger partial charge on any atom is 0.322 e. The first kappa shape index (κ1) is 14.5. The van der Waals surface area contributed by atoms with Gasteiger partial charge < -0.3 is 15.0 Å². The van der Waals surface area contributed by atoms with Crippen molar-refractivity contribution < 1.29 is 9.53 Å². The Hall–Kier alpha value is -1.42. The molecule has 1 N–H and O–H groups in total. The number of hydrogen-bond acceptors (Lipinski definition) is 2. The molecule has 0 aromatic heterocycles. The van der Waals surface area contributed by atoms with Gasteiger partial charge in [-0.15, -0.1) is 0 Å². The van der Waals surface area contributed by atoms with Gasteiger partial charge in [0.1, 0.15) is 5.75 Å². The van der Waals surface area contributed by atoms with Crippen LogP contribution < -0.4 is 10.1 Å². The van der Waals surface area contributed by atoms with Gasteiger partial charge in [0.05, 0.1) is 11.1 Å². The van der Waals surface area contributed by atoms with Crippen molar-refractivity contribution in [2.75, 3.05) is 11.9 Å². The summed E-state index contributed by atoms with van der Waals surface area (Å²) in [7, 11) is 0. The Bertz CT molecular complexity index is 547. The Kier molecular flexibility index (Phi) is 3.98. The quantitative estimate of drug-likeness (QED) is 0.911. The average Bonchev–Trinajstić information content (AvgIpc) is 3.04. The van der Waals surface area contributed by atoms with Crippen molar-refractivity contribution in [2.24, 2.45) is 5.92 Å². The number of benzene rings is 1. The highest BCUT2D eigenvalue weighted by molar-refractivity contribution is 6.32. The zero-order valence-corrected chi connectivity index (χ0v) is 13.2. The van der Waals surface area contributed by atoms with E-state index < -0.39 is 0 Å². The minimum Gasteiger partial charge on any atom is -0.489 e. The number of likely N-dealkylation sites (tertiary alicyclic amines) is 1. The Labute approximate surface area is 130 Å². The van der Waals surface area contributed by atoms with Gasteiger partial charge in [0.15, 0.2) is 0 Å². The largest absolute Gasteiger partial charge is 0.489 e. The summed E-state index contributed by atoms with van der Waals surface area (Å²) in [5, 5.41) is 3.46. The van der Waals surface area contributed by atoms with E-state index in [4.69, 9.17) is 16.3 Å². The molecule has 1 aromatic carbocycles. The number of carbonyl (C=O) groups excluding carboxylic acids is 1. The first-order chi connectivity index (χ1) is 10.0. The van der Waals surface area contributed by atoms with Gasteiger partial charge in [0.25, 0.3) is 0 Å². The number of nitrogens with one attached hydrogen (secondary N) is 1. The minimum atomic E-state index is -0.0178. The van der Waals surface area contributed by atoms with Crippen molar-refractivity contribution in [3.63, 3.8) is 0 Å². The lowest BCUT2D eigenvalue weighted by Gasteiger charge is -2.27. The highest BCUT2D eigenvalue weighted by Gasteiger charge is 2.40. The number of ether oxygens (including phenoxy) is 1. The first-order valence-electron chi connectivity index (χ1n) is 7.56. The van der Waals surface area contributed by atoms with E-state index in [1.54, 1.807) is 12.1 Å². The summed E-state index contributed by atoms with van der Waals surface area (Å²) in [4.78, 5) is 14.3. The van der Waals surface area contributed by atoms with Crippen molar-refractivity contribution in [1.29, 1.82) is 0 Å². The molecule has 2 bridgehead atoms. The number of halogens is 1. The number of urea groups is 1. The Morgan fingerprint density at radius 2 is 2.24 bits per heavy atom. The van der Waals surface area contributed by atoms with E-state index in [0.29, 0.717) is 28.4 Å². The van der Waals surface area contributed by atoms with Crippen LogP contribution in [0.3, 0.4) is 0 Å². The van der Waals surface area contributed by atoms with Gasteiger partial charge in [0, 0.05) is 18.3 Å². The Morgan fingerprint density at radius 1 is 1.43 bits per heavy atom. The molecule has 21 heavy (non-hydrogen) atoms. The maximum absolute atomic E-state index is 12.3. The number of fused-ring (bicyclic) bond motifs is 2. The lowest BCUT2D eigenvalue weighted by atomic mass is 10.1. The van der Waals surface area contributed by atoms with Crippen LogP contribution in [0.5, 0.6) is 5.75 Å². The van der Waals surface area contributed by atoms with Crippen LogP contribution in [0, 0.1) is 5.92 Å². The molecule has 0 radical (unpaired) electrons. The number of hydrogen-bond donors (Lipinski definition) is 1. The first-order valence-corrected chi connectivity index (χ1v) is 7.94. The summed E-state index contributed by atoms with van der Waals surface area (Å²) >= 11 is 6.19. The highest BCUT2D eigenvalue weighted by Crippen LogP contribution is 2.37. The molecule has 1 aromatic rings. The van der Waals surface area contributed by atoms with Crippen molar-refractivity contribution in [1.82, 2.24) is 4.90 Å². The molecule has 4 nitrogen and oxygen atoms in total. The van der Waals surface area contributed by atoms with Crippen molar-refractivity contribution in [2.45, 2.75) is 45.3 Å². The van der Waals surface area contributed by atoms with E-state index in [-0.39, 0.29) is 12.1 Å². The summed E-state index contributed by atoms with van der Waals surface area (Å²) in [5.41, 5.74) is 0.712. The topological polar surface area (TPSA) is 41.6 Å². The lowest BCUT2D eigenvalue weighted by Crippen LogP contribution is -2.40. The van der Waals surface area contributed by atoms with Crippen LogP contribution in [0.25, 0.3) is 0 Å². The fourth-order valence-corrected chi connectivity index (χ4v) is 3.52. The van der Waals surface area contributed by atoms with Crippen LogP contribution in [-0.2, 0) is 0 Å². The normalized spacial score (nSPS) is 23.7. The smallest absolute Gasteiger partial charge is 0.322 e. The van der Waals surface area contributed by atoms with Gasteiger partial charge >= 0.3 is 6.03 Å². The van der Waals surface area contributed by atoms with Crippen LogP contribution in [0.2, 0.25) is 5.02 Å². The van der Waals surface area contributed by atoms with E-state index in [0.717, 1.165) is 19.4 Å². The van der Waals surface area contributed by atoms with Gasteiger partial charge in [-0.25, -0.2) is 4.79 Å². The lowest BCUT2D eigenvalue weighted by molar-refractivity contribution is 0.194. The number of piperidine rings is 1. The molecule has 1 saturated heterocycles. The van der Waals surface area contributed by atoms with Crippen LogP contribution in [0.4, 0.5) is 10.5 Å². The zero-order valence-electron chi connectivity index (χ0n) is 12.4. The molecule has 5 heteroatoms. The molecule has 3 rings (SSSR count). The van der Waals surface area contributed by atoms with E-state index in [1.807, 2.05) is 24.8 Å². The molecular formula is C16H21ClN2O2. The van der Waals surface area contributed by atoms with E-state index >= 15 is 0 Å². The zero-order chi connectivity index (χ0) is 15.0. The Balaban J connectivity index is 1.65. The van der Waals surface area contributed by atoms with Gasteiger partial charge in [-0.1, -0.05) is 11.6 Å². The molecule has 1 saturated carbocycles. The summed E-state index contributed by atoms with van der Waals surface area (Å²) in [6.07, 6.45) is 3.64. The fraction of sp³-hybridized carbons (Fsp3) is 0.562. The number of carbonyl (C=O) groups is 1. The van der Waals surface area contributed by atoms with Gasteiger partial charge in [-0.3, -0.25) is 0 Å². The summed E-state index contributed by atoms with van der Waals surface area (Å²) in [5.74, 6) is 1.34. The van der Waals surface area contributed by atoms with E-state index in [2.05, 4.69) is 5.32 Å². The minimum absolute atomic E-state index is 0.0178. The van der Waals surface area contributed by atoms with E-state index in [9.17, 15) is 4.79 Å². The second-order valence-corrected chi connectivity index (χ2v) is 6.63. The Morgan fingerprint density at radius 3 is 2.81 bits per heavy atom. The average molecular weight is 309 g/mol. The highest BCUT2D eigenvalue weighted by atomic mass is 35.5. The predicted molar refractivity (Wildman–Crippen MR) is 84.1 cm³/mol. The monoisotopic (exact) mass is 308 g/mol. The van der Waals surface area contributed by atoms with Gasteiger partial charge in [0.2, 0.25) is 0 Å². The molecule has 2 atom stereocenters. The van der Waals surface area contributed by atoms with Crippen LogP contribution in [0.15, 0.2) is 18.2 Å². The second-order valence-electron chi connectivity index (χ2n) is 6.23. The predicted octanol–water partition coefficient (Wildman–Crippen LogP) is 4.14. The van der Waals surface area contributed by atoms with Crippen LogP contribution in [-0.4, -0.2) is 29.6 Å². The fourth-order valence-electron chi connectivity index (χ4n) is 3.30. The van der Waals surface area contributed by atoms with Crippen molar-refractivity contribution >= 4 is 23.3 Å². The van der Waals surface area contributed by atoms with Gasteiger partial charge in [-0.2, -0.15) is 0 Å². The molecule has 0 spiro atoms. The van der Waals surface area contributed by atoms with Crippen LogP contribution in [0.1, 0.15) is 33.1 Å². The SMILES string of the molecule is CC(C)Oc1ccc(NC(=O)N2C[C@H]3CC[C@H]2C3)cc1Cl. The standard InChI is InChI=1S/C16H21ClN2O2/c1-10(2)21-15-6-4-12(8-14(15)17)18-16(20)19-9-11-3-5-13(19)7-11/h4,6,8,10-11,13H,3,5,7,9H2,1-2H3,(H,18,20)/t11-,13-/m0/s1. The summed E-state index contributed by atoms with van der Waals surface area (Å²) in [6.45, 7) is 4.79. The molecule has 2 fully saturated rings. The number of nitrogens with zero attached hydrogens (tertiary/aromatic N) is 1. The summed E-state index contributed by atoms with van der Waals surface area (Å²) in [6, 6.07) is 5.78. The molecule has 2 amide bonds. The number of rotatable bonds is 3. The van der Waals surface area contributed by atoms with Crippen molar-refractivity contribution in [3.8, 4) is 5.75 Å². The molecule has 1 aliphatic heterocycles. The molecule has 1 heterocycles. The number of amides is 2. The summed E-state index contributed by atoms with van der Waals surface area (Å²) < 4.78 is 5.59. The third-order valence-electron chi connectivity index (χ3n) is 4.22. The third kappa shape index (κ3) is 3.10. The van der Waals surface area contributed by atoms with Gasteiger partial charge in [-0.05, 0) is 57.2 Å². The molecule has 2 aliphatic rings. The molecule has 1 aliphatic carbocycles. The maximum atomic E-state index is 12.3.